The molecule has 0 atom stereocenters. The summed E-state index contributed by atoms with van der Waals surface area (Å²) in [6.45, 7) is 2.15. The van der Waals surface area contributed by atoms with E-state index in [9.17, 15) is 9.59 Å². The molecule has 0 saturated carbocycles. The summed E-state index contributed by atoms with van der Waals surface area (Å²) in [5.74, 6) is 1.22. The number of nitrogens with zero attached hydrogens (tertiary/aromatic N) is 3. The Morgan fingerprint density at radius 2 is 1.72 bits per heavy atom. The molecule has 3 rings (SSSR count). The van der Waals surface area contributed by atoms with Crippen LogP contribution in [0.5, 0.6) is 17.2 Å². The lowest BCUT2D eigenvalue weighted by Gasteiger charge is -2.29. The Morgan fingerprint density at radius 3 is 2.28 bits per heavy atom. The van der Waals surface area contributed by atoms with E-state index in [0.717, 1.165) is 0 Å². The molecule has 32 heavy (non-hydrogen) atoms. The number of aromatic nitrogens is 2. The van der Waals surface area contributed by atoms with E-state index in [1.165, 1.54) is 39.1 Å². The molecule has 0 unspecified atom stereocenters. The van der Waals surface area contributed by atoms with Crippen LogP contribution in [0.25, 0.3) is 0 Å². The number of morpholine rings is 1. The van der Waals surface area contributed by atoms with Crippen LogP contribution in [0.15, 0.2) is 23.0 Å². The lowest BCUT2D eigenvalue weighted by molar-refractivity contribution is -0.116. The summed E-state index contributed by atoms with van der Waals surface area (Å²) >= 11 is 0. The fourth-order valence-corrected chi connectivity index (χ4v) is 3.41. The molecule has 0 bridgehead atoms. The van der Waals surface area contributed by atoms with Gasteiger partial charge in [-0.1, -0.05) is 0 Å². The number of carbonyl (C=O) groups is 1. The number of carbonyl (C=O) groups excluding carboxylic acids is 1. The van der Waals surface area contributed by atoms with E-state index < -0.39 is 5.91 Å². The SMILES string of the molecule is COCc1cc(=O)n(CC(=O)Nc2cc(OC)c(OC)c(OC)c2)c(N2CCOCC2)n1. The number of amides is 1. The molecule has 174 valence electrons. The Kier molecular flexibility index (Phi) is 7.90. The smallest absolute Gasteiger partial charge is 0.255 e. The first-order chi connectivity index (χ1) is 15.5. The molecule has 1 amide bonds. The molecule has 0 radical (unpaired) electrons. The molecule has 11 nitrogen and oxygen atoms in total. The maximum atomic E-state index is 12.9. The minimum atomic E-state index is -0.405. The molecule has 2 aromatic rings. The highest BCUT2D eigenvalue weighted by Crippen LogP contribution is 2.39. The van der Waals surface area contributed by atoms with Crippen molar-refractivity contribution in [2.24, 2.45) is 0 Å². The van der Waals surface area contributed by atoms with Gasteiger partial charge in [-0.05, 0) is 0 Å². The average Bonchev–Trinajstić information content (AvgIpc) is 2.80. The predicted molar refractivity (Wildman–Crippen MR) is 117 cm³/mol. The van der Waals surface area contributed by atoms with Gasteiger partial charge in [0.25, 0.3) is 5.56 Å². The second kappa shape index (κ2) is 10.8. The number of ether oxygens (including phenoxy) is 5. The Bertz CT molecular complexity index is 977. The van der Waals surface area contributed by atoms with Crippen LogP contribution in [-0.4, -0.2) is 70.2 Å². The highest BCUT2D eigenvalue weighted by Gasteiger charge is 2.21. The van der Waals surface area contributed by atoms with E-state index in [4.69, 9.17) is 23.7 Å². The topological polar surface area (TPSA) is 113 Å². The number of hydrogen-bond acceptors (Lipinski definition) is 9. The number of rotatable bonds is 9. The van der Waals surface area contributed by atoms with Gasteiger partial charge in [0.1, 0.15) is 6.54 Å². The lowest BCUT2D eigenvalue weighted by atomic mass is 10.2. The van der Waals surface area contributed by atoms with Crippen LogP contribution in [0.4, 0.5) is 11.6 Å². The van der Waals surface area contributed by atoms with Crippen LogP contribution in [0.1, 0.15) is 5.69 Å². The summed E-state index contributed by atoms with van der Waals surface area (Å²) in [4.78, 5) is 32.2. The van der Waals surface area contributed by atoms with Crippen molar-refractivity contribution in [1.29, 1.82) is 0 Å². The summed E-state index contributed by atoms with van der Waals surface area (Å²) in [7, 11) is 6.01. The first-order valence-electron chi connectivity index (χ1n) is 10.0. The predicted octanol–water partition coefficient (Wildman–Crippen LogP) is 0.891. The molecular formula is C21H28N4O7. The van der Waals surface area contributed by atoms with E-state index in [1.54, 1.807) is 12.1 Å². The Morgan fingerprint density at radius 1 is 1.06 bits per heavy atom. The quantitative estimate of drug-likeness (QED) is 0.597. The van der Waals surface area contributed by atoms with Crippen molar-refractivity contribution in [2.45, 2.75) is 13.2 Å². The molecule has 0 spiro atoms. The largest absolute Gasteiger partial charge is 0.493 e. The van der Waals surface area contributed by atoms with E-state index in [0.29, 0.717) is 60.9 Å². The fraction of sp³-hybridized carbons (Fsp3) is 0.476. The molecule has 1 aromatic carbocycles. The highest BCUT2D eigenvalue weighted by molar-refractivity contribution is 5.91. The molecule has 2 heterocycles. The van der Waals surface area contributed by atoms with Crippen LogP contribution in [0.3, 0.4) is 0 Å². The number of benzene rings is 1. The van der Waals surface area contributed by atoms with Crippen molar-refractivity contribution < 1.29 is 28.5 Å². The molecule has 1 fully saturated rings. The molecule has 1 aliphatic heterocycles. The Labute approximate surface area is 185 Å². The van der Waals surface area contributed by atoms with E-state index in [2.05, 4.69) is 10.3 Å². The lowest BCUT2D eigenvalue weighted by Crippen LogP contribution is -2.42. The van der Waals surface area contributed by atoms with Crippen molar-refractivity contribution >= 4 is 17.5 Å². The third-order valence-corrected chi connectivity index (χ3v) is 4.88. The maximum Gasteiger partial charge on any atom is 0.255 e. The van der Waals surface area contributed by atoms with Crippen LogP contribution < -0.4 is 30.0 Å². The van der Waals surface area contributed by atoms with E-state index in [-0.39, 0.29) is 18.7 Å². The van der Waals surface area contributed by atoms with Gasteiger partial charge < -0.3 is 33.9 Å². The molecule has 0 aliphatic carbocycles. The average molecular weight is 448 g/mol. The summed E-state index contributed by atoms with van der Waals surface area (Å²) in [5.41, 5.74) is 0.600. The van der Waals surface area contributed by atoms with Gasteiger partial charge in [0.2, 0.25) is 17.6 Å². The molecule has 11 heteroatoms. The molecular weight excluding hydrogens is 420 g/mol. The standard InChI is InChI=1S/C21H28N4O7/c1-28-13-15-11-19(27)25(21(23-15)24-5-7-32-8-6-24)12-18(26)22-14-9-16(29-2)20(31-4)17(10-14)30-3/h9-11H,5-8,12-13H2,1-4H3,(H,22,26). The zero-order valence-electron chi connectivity index (χ0n) is 18.7. The van der Waals surface area contributed by atoms with Gasteiger partial charge in [0.15, 0.2) is 11.5 Å². The van der Waals surface area contributed by atoms with Crippen LogP contribution >= 0.6 is 0 Å². The van der Waals surface area contributed by atoms with Gasteiger partial charge in [-0.3, -0.25) is 14.2 Å². The van der Waals surface area contributed by atoms with E-state index >= 15 is 0 Å². The third-order valence-electron chi connectivity index (χ3n) is 4.88. The van der Waals surface area contributed by atoms with Crippen molar-refractivity contribution in [3.8, 4) is 17.2 Å². The second-order valence-corrected chi connectivity index (χ2v) is 6.97. The minimum absolute atomic E-state index is 0.199. The number of methoxy groups -OCH3 is 4. The van der Waals surface area contributed by atoms with Crippen molar-refractivity contribution in [2.75, 3.05) is 65.0 Å². The number of anilines is 2. The molecule has 1 N–H and O–H groups in total. The second-order valence-electron chi connectivity index (χ2n) is 6.97. The normalized spacial score (nSPS) is 13.6. The Hall–Kier alpha value is -3.31. The molecule has 1 saturated heterocycles. The first kappa shape index (κ1) is 23.4. The minimum Gasteiger partial charge on any atom is -0.493 e. The summed E-state index contributed by atoms with van der Waals surface area (Å²) < 4.78 is 27.8. The molecule has 1 aliphatic rings. The van der Waals surface area contributed by atoms with Crippen molar-refractivity contribution in [1.82, 2.24) is 9.55 Å². The molecule has 1 aromatic heterocycles. The monoisotopic (exact) mass is 448 g/mol. The Balaban J connectivity index is 1.88. The summed E-state index contributed by atoms with van der Waals surface area (Å²) in [6.07, 6.45) is 0. The van der Waals surface area contributed by atoms with Crippen molar-refractivity contribution in [3.63, 3.8) is 0 Å². The van der Waals surface area contributed by atoms with Crippen LogP contribution in [0.2, 0.25) is 0 Å². The van der Waals surface area contributed by atoms with Gasteiger partial charge in [-0.15, -0.1) is 0 Å². The number of nitrogens with one attached hydrogen (secondary N) is 1. The van der Waals surface area contributed by atoms with Gasteiger partial charge in [0.05, 0.1) is 46.8 Å². The zero-order valence-corrected chi connectivity index (χ0v) is 18.7. The van der Waals surface area contributed by atoms with Crippen LogP contribution in [-0.2, 0) is 27.4 Å². The summed E-state index contributed by atoms with van der Waals surface area (Å²) in [5, 5.41) is 2.78. The summed E-state index contributed by atoms with van der Waals surface area (Å²) in [6, 6.07) is 4.61. The van der Waals surface area contributed by atoms with Crippen molar-refractivity contribution in [3.05, 3.63) is 34.2 Å². The van der Waals surface area contributed by atoms with Gasteiger partial charge in [-0.25, -0.2) is 4.98 Å². The van der Waals surface area contributed by atoms with Gasteiger partial charge in [-0.2, -0.15) is 0 Å². The van der Waals surface area contributed by atoms with Gasteiger partial charge in [0, 0.05) is 44.1 Å². The first-order valence-corrected chi connectivity index (χ1v) is 10.0. The van der Waals surface area contributed by atoms with Gasteiger partial charge >= 0.3 is 0 Å². The van der Waals surface area contributed by atoms with E-state index in [1.807, 2.05) is 4.90 Å². The highest BCUT2D eigenvalue weighted by atomic mass is 16.5. The fourth-order valence-electron chi connectivity index (χ4n) is 3.41. The van der Waals surface area contributed by atoms with Crippen LogP contribution in [0, 0.1) is 0 Å². The maximum absolute atomic E-state index is 12.9. The third kappa shape index (κ3) is 5.29. The zero-order chi connectivity index (χ0) is 23.1. The number of hydrogen-bond donors (Lipinski definition) is 1.